The van der Waals surface area contributed by atoms with E-state index in [1.165, 1.54) is 11.1 Å². The van der Waals surface area contributed by atoms with Gasteiger partial charge < -0.3 is 5.11 Å². The Bertz CT molecular complexity index is 310. The molecule has 1 aromatic carbocycles. The van der Waals surface area contributed by atoms with Crippen molar-refractivity contribution in [3.63, 3.8) is 0 Å². The summed E-state index contributed by atoms with van der Waals surface area (Å²) in [4.78, 5) is 2.37. The van der Waals surface area contributed by atoms with Crippen LogP contribution in [0.25, 0.3) is 0 Å². The van der Waals surface area contributed by atoms with Gasteiger partial charge in [0.25, 0.3) is 0 Å². The van der Waals surface area contributed by atoms with E-state index in [1.54, 1.807) is 0 Å². The van der Waals surface area contributed by atoms with Crippen LogP contribution in [0.4, 0.5) is 0 Å². The Labute approximate surface area is 91.5 Å². The van der Waals surface area contributed by atoms with Crippen LogP contribution in [-0.2, 0) is 13.1 Å². The summed E-state index contributed by atoms with van der Waals surface area (Å²) in [6, 6.07) is 8.84. The predicted molar refractivity (Wildman–Crippen MR) is 61.4 cm³/mol. The van der Waals surface area contributed by atoms with Crippen LogP contribution < -0.4 is 0 Å². The fourth-order valence-electron chi connectivity index (χ4n) is 2.34. The summed E-state index contributed by atoms with van der Waals surface area (Å²) >= 11 is 0. The Balaban J connectivity index is 2.12. The van der Waals surface area contributed by atoms with Crippen molar-refractivity contribution in [2.75, 3.05) is 6.61 Å². The molecular weight excluding hydrogens is 186 g/mol. The molecule has 1 aliphatic heterocycles. The molecule has 1 aliphatic rings. The first-order valence-electron chi connectivity index (χ1n) is 5.64. The van der Waals surface area contributed by atoms with Crippen molar-refractivity contribution in [3.05, 3.63) is 35.4 Å². The number of hydrogen-bond donors (Lipinski definition) is 1. The van der Waals surface area contributed by atoms with Gasteiger partial charge in [-0.1, -0.05) is 38.1 Å². The number of fused-ring (bicyclic) bond motifs is 1. The zero-order valence-electron chi connectivity index (χ0n) is 9.48. The smallest absolute Gasteiger partial charge is 0.0589 e. The predicted octanol–water partition coefficient (Wildman–Crippen LogP) is 2.02. The summed E-state index contributed by atoms with van der Waals surface area (Å²) in [5, 5.41) is 9.39. The van der Waals surface area contributed by atoms with Crippen LogP contribution in [0.1, 0.15) is 25.0 Å². The van der Waals surface area contributed by atoms with Crippen molar-refractivity contribution in [1.29, 1.82) is 0 Å². The summed E-state index contributed by atoms with van der Waals surface area (Å²) in [7, 11) is 0. The van der Waals surface area contributed by atoms with Gasteiger partial charge in [-0.3, -0.25) is 4.90 Å². The van der Waals surface area contributed by atoms with E-state index < -0.39 is 0 Å². The van der Waals surface area contributed by atoms with Gasteiger partial charge in [-0.05, 0) is 17.0 Å². The van der Waals surface area contributed by atoms with E-state index in [1.807, 2.05) is 0 Å². The van der Waals surface area contributed by atoms with Crippen molar-refractivity contribution in [3.8, 4) is 0 Å². The lowest BCUT2D eigenvalue weighted by Gasteiger charge is -2.28. The highest BCUT2D eigenvalue weighted by Gasteiger charge is 2.26. The first-order chi connectivity index (χ1) is 7.22. The lowest BCUT2D eigenvalue weighted by Crippen LogP contribution is -2.37. The zero-order valence-corrected chi connectivity index (χ0v) is 9.48. The summed E-state index contributed by atoms with van der Waals surface area (Å²) < 4.78 is 0. The zero-order chi connectivity index (χ0) is 10.8. The molecule has 1 atom stereocenters. The minimum absolute atomic E-state index is 0.256. The standard InChI is InChI=1S/C13H19NO/c1-10(2)13(9-15)14-7-11-5-3-4-6-12(11)8-14/h3-6,10,13,15H,7-9H2,1-2H3. The van der Waals surface area contributed by atoms with Gasteiger partial charge in [-0.25, -0.2) is 0 Å². The molecule has 0 saturated heterocycles. The van der Waals surface area contributed by atoms with Gasteiger partial charge in [0.2, 0.25) is 0 Å². The fraction of sp³-hybridized carbons (Fsp3) is 0.538. The molecule has 1 aromatic rings. The topological polar surface area (TPSA) is 23.5 Å². The lowest BCUT2D eigenvalue weighted by atomic mass is 10.0. The molecule has 0 fully saturated rings. The van der Waals surface area contributed by atoms with Gasteiger partial charge in [0.1, 0.15) is 0 Å². The average molecular weight is 205 g/mol. The van der Waals surface area contributed by atoms with Gasteiger partial charge in [-0.15, -0.1) is 0 Å². The van der Waals surface area contributed by atoms with Crippen LogP contribution in [0.15, 0.2) is 24.3 Å². The second-order valence-electron chi connectivity index (χ2n) is 4.67. The number of aliphatic hydroxyl groups excluding tert-OH is 1. The van der Waals surface area contributed by atoms with Crippen LogP contribution in [0.5, 0.6) is 0 Å². The summed E-state index contributed by atoms with van der Waals surface area (Å²) in [6.45, 7) is 6.57. The van der Waals surface area contributed by atoms with Crippen molar-refractivity contribution in [1.82, 2.24) is 4.90 Å². The van der Waals surface area contributed by atoms with Gasteiger partial charge >= 0.3 is 0 Å². The third kappa shape index (κ3) is 2.06. The highest BCUT2D eigenvalue weighted by atomic mass is 16.3. The van der Waals surface area contributed by atoms with E-state index >= 15 is 0 Å². The number of hydrogen-bond acceptors (Lipinski definition) is 2. The summed E-state index contributed by atoms with van der Waals surface area (Å²) in [6.07, 6.45) is 0. The van der Waals surface area contributed by atoms with E-state index in [-0.39, 0.29) is 12.6 Å². The molecule has 0 saturated carbocycles. The molecule has 82 valence electrons. The number of rotatable bonds is 3. The number of benzene rings is 1. The largest absolute Gasteiger partial charge is 0.395 e. The molecule has 2 nitrogen and oxygen atoms in total. The molecule has 1 N–H and O–H groups in total. The molecule has 0 bridgehead atoms. The number of nitrogens with zero attached hydrogens (tertiary/aromatic N) is 1. The molecule has 0 aliphatic carbocycles. The highest BCUT2D eigenvalue weighted by molar-refractivity contribution is 5.30. The van der Waals surface area contributed by atoms with Crippen LogP contribution >= 0.6 is 0 Å². The van der Waals surface area contributed by atoms with Gasteiger partial charge in [-0.2, -0.15) is 0 Å². The van der Waals surface area contributed by atoms with Crippen LogP contribution in [0.3, 0.4) is 0 Å². The van der Waals surface area contributed by atoms with Crippen molar-refractivity contribution >= 4 is 0 Å². The molecule has 2 rings (SSSR count). The summed E-state index contributed by atoms with van der Waals surface area (Å²) in [5.74, 6) is 0.504. The Morgan fingerprint density at radius 2 is 1.73 bits per heavy atom. The van der Waals surface area contributed by atoms with E-state index in [4.69, 9.17) is 0 Å². The third-order valence-electron chi connectivity index (χ3n) is 3.29. The van der Waals surface area contributed by atoms with E-state index in [0.717, 1.165) is 13.1 Å². The third-order valence-corrected chi connectivity index (χ3v) is 3.29. The van der Waals surface area contributed by atoms with E-state index in [0.29, 0.717) is 5.92 Å². The SMILES string of the molecule is CC(C)C(CO)N1Cc2ccccc2C1. The second-order valence-corrected chi connectivity index (χ2v) is 4.67. The van der Waals surface area contributed by atoms with E-state index in [2.05, 4.69) is 43.0 Å². The van der Waals surface area contributed by atoms with Crippen molar-refractivity contribution in [2.24, 2.45) is 5.92 Å². The van der Waals surface area contributed by atoms with Crippen LogP contribution in [-0.4, -0.2) is 22.7 Å². The molecule has 0 amide bonds. The highest BCUT2D eigenvalue weighted by Crippen LogP contribution is 2.26. The van der Waals surface area contributed by atoms with Crippen LogP contribution in [0, 0.1) is 5.92 Å². The number of aliphatic hydroxyl groups is 1. The summed E-state index contributed by atoms with van der Waals surface area (Å²) in [5.41, 5.74) is 2.83. The second kappa shape index (κ2) is 4.33. The molecule has 1 heterocycles. The maximum atomic E-state index is 9.39. The first kappa shape index (κ1) is 10.7. The first-order valence-corrected chi connectivity index (χ1v) is 5.64. The van der Waals surface area contributed by atoms with Gasteiger partial charge in [0.15, 0.2) is 0 Å². The average Bonchev–Trinajstić information content (AvgIpc) is 2.61. The maximum Gasteiger partial charge on any atom is 0.0589 e. The molecular formula is C13H19NO. The molecule has 15 heavy (non-hydrogen) atoms. The quantitative estimate of drug-likeness (QED) is 0.816. The fourth-order valence-corrected chi connectivity index (χ4v) is 2.34. The molecule has 2 heteroatoms. The lowest BCUT2D eigenvalue weighted by molar-refractivity contribution is 0.0892. The maximum absolute atomic E-state index is 9.39. The van der Waals surface area contributed by atoms with Crippen LogP contribution in [0.2, 0.25) is 0 Å². The monoisotopic (exact) mass is 205 g/mol. The molecule has 0 spiro atoms. The molecule has 1 unspecified atom stereocenters. The Kier molecular flexibility index (Phi) is 3.08. The van der Waals surface area contributed by atoms with Crippen molar-refractivity contribution in [2.45, 2.75) is 33.0 Å². The minimum atomic E-state index is 0.256. The van der Waals surface area contributed by atoms with E-state index in [9.17, 15) is 5.11 Å². The minimum Gasteiger partial charge on any atom is -0.395 e. The normalized spacial score (nSPS) is 18.1. The van der Waals surface area contributed by atoms with Gasteiger partial charge in [0.05, 0.1) is 6.61 Å². The van der Waals surface area contributed by atoms with Crippen molar-refractivity contribution < 1.29 is 5.11 Å². The Hall–Kier alpha value is -0.860. The Morgan fingerprint density at radius 1 is 1.20 bits per heavy atom. The Morgan fingerprint density at radius 3 is 2.13 bits per heavy atom. The molecule has 0 radical (unpaired) electrons. The van der Waals surface area contributed by atoms with Gasteiger partial charge in [0, 0.05) is 19.1 Å². The molecule has 0 aromatic heterocycles.